The van der Waals surface area contributed by atoms with Crippen molar-refractivity contribution in [2.24, 2.45) is 5.92 Å². The molecule has 1 heterocycles. The monoisotopic (exact) mass is 252 g/mol. The van der Waals surface area contributed by atoms with Crippen molar-refractivity contribution in [3.05, 3.63) is 12.2 Å². The molecular formula is C15H24O3. The Morgan fingerprint density at radius 1 is 1.17 bits per heavy atom. The molecule has 3 nitrogen and oxygen atoms in total. The minimum absolute atomic E-state index is 0.180. The van der Waals surface area contributed by atoms with Gasteiger partial charge in [-0.2, -0.15) is 0 Å². The third-order valence-electron chi connectivity index (χ3n) is 3.96. The van der Waals surface area contributed by atoms with Crippen molar-refractivity contribution in [1.29, 1.82) is 0 Å². The van der Waals surface area contributed by atoms with E-state index in [4.69, 9.17) is 9.47 Å². The van der Waals surface area contributed by atoms with Gasteiger partial charge >= 0.3 is 5.97 Å². The van der Waals surface area contributed by atoms with Gasteiger partial charge in [0.1, 0.15) is 0 Å². The van der Waals surface area contributed by atoms with Gasteiger partial charge in [0.15, 0.2) is 0 Å². The molecule has 0 radical (unpaired) electrons. The van der Waals surface area contributed by atoms with Crippen molar-refractivity contribution in [3.63, 3.8) is 0 Å². The van der Waals surface area contributed by atoms with Crippen LogP contribution in [0.1, 0.15) is 51.4 Å². The third-order valence-corrected chi connectivity index (χ3v) is 3.96. The molecule has 18 heavy (non-hydrogen) atoms. The van der Waals surface area contributed by atoms with Crippen LogP contribution in [0.4, 0.5) is 0 Å². The predicted molar refractivity (Wildman–Crippen MR) is 70.3 cm³/mol. The van der Waals surface area contributed by atoms with Crippen molar-refractivity contribution >= 4 is 5.97 Å². The summed E-state index contributed by atoms with van der Waals surface area (Å²) in [5.41, 5.74) is 0.567. The maximum absolute atomic E-state index is 11.8. The van der Waals surface area contributed by atoms with Gasteiger partial charge in [-0.15, -0.1) is 0 Å². The summed E-state index contributed by atoms with van der Waals surface area (Å²) in [4.78, 5) is 11.8. The van der Waals surface area contributed by atoms with E-state index >= 15 is 0 Å². The number of hydrogen-bond acceptors (Lipinski definition) is 3. The quantitative estimate of drug-likeness (QED) is 0.556. The first-order valence-corrected chi connectivity index (χ1v) is 7.22. The molecule has 0 aromatic rings. The van der Waals surface area contributed by atoms with Gasteiger partial charge in [0.25, 0.3) is 0 Å². The lowest BCUT2D eigenvalue weighted by Crippen LogP contribution is -2.19. The highest BCUT2D eigenvalue weighted by Gasteiger charge is 2.21. The molecule has 1 aliphatic heterocycles. The molecule has 102 valence electrons. The maximum Gasteiger partial charge on any atom is 0.333 e. The molecule has 1 saturated carbocycles. The van der Waals surface area contributed by atoms with Crippen molar-refractivity contribution in [1.82, 2.24) is 0 Å². The smallest absolute Gasteiger partial charge is 0.333 e. The van der Waals surface area contributed by atoms with Crippen LogP contribution in [0, 0.1) is 5.92 Å². The molecule has 2 aliphatic rings. The Morgan fingerprint density at radius 2 is 1.94 bits per heavy atom. The lowest BCUT2D eigenvalue weighted by Gasteiger charge is -2.21. The Bertz CT molecular complexity index is 286. The Hall–Kier alpha value is -0.830. The lowest BCUT2D eigenvalue weighted by atomic mass is 9.90. The highest BCUT2D eigenvalue weighted by Crippen LogP contribution is 2.24. The summed E-state index contributed by atoms with van der Waals surface area (Å²) >= 11 is 0. The number of hydrogen-bond donors (Lipinski definition) is 0. The van der Waals surface area contributed by atoms with Crippen molar-refractivity contribution in [2.45, 2.75) is 57.5 Å². The lowest BCUT2D eigenvalue weighted by molar-refractivity contribution is -0.141. The summed E-state index contributed by atoms with van der Waals surface area (Å²) in [6.07, 6.45) is 9.22. The van der Waals surface area contributed by atoms with E-state index in [-0.39, 0.29) is 12.1 Å². The van der Waals surface area contributed by atoms with Gasteiger partial charge < -0.3 is 9.47 Å². The third kappa shape index (κ3) is 4.13. The molecule has 1 atom stereocenters. The minimum atomic E-state index is -0.226. The number of esters is 1. The molecule has 0 amide bonds. The fourth-order valence-electron chi connectivity index (χ4n) is 2.81. The summed E-state index contributed by atoms with van der Waals surface area (Å²) in [6, 6.07) is 0. The molecule has 0 bridgehead atoms. The second kappa shape index (κ2) is 6.93. The van der Waals surface area contributed by atoms with Crippen molar-refractivity contribution in [3.8, 4) is 0 Å². The van der Waals surface area contributed by atoms with Crippen LogP contribution >= 0.6 is 0 Å². The first-order chi connectivity index (χ1) is 8.75. The molecule has 0 aromatic carbocycles. The van der Waals surface area contributed by atoms with Gasteiger partial charge in [-0.1, -0.05) is 25.8 Å². The number of carbonyl (C=O) groups is 1. The normalized spacial score (nSPS) is 25.0. The largest absolute Gasteiger partial charge is 0.462 e. The summed E-state index contributed by atoms with van der Waals surface area (Å²) in [5.74, 6) is 0.342. The topological polar surface area (TPSA) is 35.5 Å². The van der Waals surface area contributed by atoms with Crippen LogP contribution in [0.15, 0.2) is 12.2 Å². The molecular weight excluding hydrogens is 228 g/mol. The van der Waals surface area contributed by atoms with Gasteiger partial charge in [-0.25, -0.2) is 4.79 Å². The summed E-state index contributed by atoms with van der Waals surface area (Å²) in [6.45, 7) is 5.21. The van der Waals surface area contributed by atoms with Crippen LogP contribution in [-0.2, 0) is 14.3 Å². The molecule has 1 unspecified atom stereocenters. The van der Waals surface area contributed by atoms with E-state index in [1.165, 1.54) is 32.1 Å². The second-order valence-electron chi connectivity index (χ2n) is 5.55. The van der Waals surface area contributed by atoms with Crippen molar-refractivity contribution < 1.29 is 14.3 Å². The maximum atomic E-state index is 11.8. The van der Waals surface area contributed by atoms with Crippen LogP contribution in [0.2, 0.25) is 0 Å². The Labute approximate surface area is 110 Å². The van der Waals surface area contributed by atoms with E-state index in [2.05, 4.69) is 6.58 Å². The Morgan fingerprint density at radius 3 is 2.61 bits per heavy atom. The van der Waals surface area contributed by atoms with E-state index in [9.17, 15) is 4.79 Å². The zero-order chi connectivity index (χ0) is 12.8. The zero-order valence-corrected chi connectivity index (χ0v) is 11.2. The average molecular weight is 252 g/mol. The number of ether oxygens (including phenoxy) is 2. The van der Waals surface area contributed by atoms with Gasteiger partial charge in [-0.05, 0) is 31.6 Å². The van der Waals surface area contributed by atoms with Crippen LogP contribution < -0.4 is 0 Å². The molecule has 1 saturated heterocycles. The van der Waals surface area contributed by atoms with E-state index < -0.39 is 0 Å². The number of rotatable bonds is 5. The zero-order valence-electron chi connectivity index (χ0n) is 11.2. The van der Waals surface area contributed by atoms with Crippen LogP contribution in [0.3, 0.4) is 0 Å². The summed E-state index contributed by atoms with van der Waals surface area (Å²) in [5, 5.41) is 0. The first-order valence-electron chi connectivity index (χ1n) is 7.22. The first kappa shape index (κ1) is 13.6. The van der Waals surface area contributed by atoms with Crippen molar-refractivity contribution in [2.75, 3.05) is 13.2 Å². The standard InChI is InChI=1S/C15H24O3/c1-12(10-14-8-5-9-17-14)15(16)18-11-13-6-3-2-4-7-13/h13-14H,1-11H2. The van der Waals surface area contributed by atoms with Crippen LogP contribution in [0.5, 0.6) is 0 Å². The van der Waals surface area contributed by atoms with Gasteiger partial charge in [0, 0.05) is 18.6 Å². The summed E-state index contributed by atoms with van der Waals surface area (Å²) in [7, 11) is 0. The van der Waals surface area contributed by atoms with Gasteiger partial charge in [0.05, 0.1) is 12.7 Å². The predicted octanol–water partition coefficient (Wildman–Crippen LogP) is 3.24. The second-order valence-corrected chi connectivity index (χ2v) is 5.55. The highest BCUT2D eigenvalue weighted by molar-refractivity contribution is 5.87. The fourth-order valence-corrected chi connectivity index (χ4v) is 2.81. The molecule has 1 aliphatic carbocycles. The van der Waals surface area contributed by atoms with E-state index in [1.54, 1.807) is 0 Å². The minimum Gasteiger partial charge on any atom is -0.462 e. The summed E-state index contributed by atoms with van der Waals surface area (Å²) < 4.78 is 10.9. The van der Waals surface area contributed by atoms with Crippen LogP contribution in [0.25, 0.3) is 0 Å². The van der Waals surface area contributed by atoms with E-state index in [0.29, 0.717) is 24.5 Å². The molecule has 2 rings (SSSR count). The Balaban J connectivity index is 1.65. The molecule has 3 heteroatoms. The van der Waals surface area contributed by atoms with E-state index in [1.807, 2.05) is 0 Å². The van der Waals surface area contributed by atoms with Gasteiger partial charge in [-0.3, -0.25) is 0 Å². The highest BCUT2D eigenvalue weighted by atomic mass is 16.5. The van der Waals surface area contributed by atoms with Crippen LogP contribution in [-0.4, -0.2) is 25.3 Å². The Kier molecular flexibility index (Phi) is 5.24. The van der Waals surface area contributed by atoms with E-state index in [0.717, 1.165) is 19.4 Å². The number of carbonyl (C=O) groups excluding carboxylic acids is 1. The van der Waals surface area contributed by atoms with Gasteiger partial charge in [0.2, 0.25) is 0 Å². The molecule has 0 aromatic heterocycles. The fraction of sp³-hybridized carbons (Fsp3) is 0.800. The molecule has 0 spiro atoms. The molecule has 2 fully saturated rings. The SMILES string of the molecule is C=C(CC1CCCO1)C(=O)OCC1CCCCC1. The molecule has 0 N–H and O–H groups in total. The average Bonchev–Trinajstić information content (AvgIpc) is 2.90.